The molecule has 2 aromatic carbocycles. The number of hydrogen-bond donors (Lipinski definition) is 1. The largest absolute Gasteiger partial charge is 0.445 e. The average molecular weight is 259 g/mol. The topological polar surface area (TPSA) is 38.3 Å². The van der Waals surface area contributed by atoms with E-state index in [1.165, 1.54) is 12.1 Å². The number of ether oxygens (including phenoxy) is 1. The van der Waals surface area contributed by atoms with Crippen LogP contribution in [0, 0.1) is 5.82 Å². The number of hydrogen-bond acceptors (Lipinski definition) is 2. The third-order valence-corrected chi connectivity index (χ3v) is 2.56. The number of rotatable bonds is 4. The lowest BCUT2D eigenvalue weighted by molar-refractivity contribution is 0.139. The quantitative estimate of drug-likeness (QED) is 0.915. The number of amides is 1. The first-order valence-electron chi connectivity index (χ1n) is 5.93. The fourth-order valence-electron chi connectivity index (χ4n) is 1.55. The molecule has 0 fully saturated rings. The maximum atomic E-state index is 12.7. The smallest absolute Gasteiger partial charge is 0.407 e. The highest BCUT2D eigenvalue weighted by molar-refractivity contribution is 5.67. The molecule has 98 valence electrons. The van der Waals surface area contributed by atoms with Gasteiger partial charge in [-0.15, -0.1) is 0 Å². The van der Waals surface area contributed by atoms with Crippen LogP contribution in [0.25, 0.3) is 0 Å². The van der Waals surface area contributed by atoms with Crippen molar-refractivity contribution in [1.82, 2.24) is 5.32 Å². The first kappa shape index (κ1) is 13.1. The standard InChI is InChI=1S/C15H14FNO2/c16-14-8-6-12(7-9-14)10-17-15(18)19-11-13-4-2-1-3-5-13/h1-9H,10-11H2,(H,17,18). The highest BCUT2D eigenvalue weighted by Crippen LogP contribution is 2.03. The summed E-state index contributed by atoms with van der Waals surface area (Å²) in [5.41, 5.74) is 1.75. The second kappa shape index (κ2) is 6.54. The van der Waals surface area contributed by atoms with E-state index in [1.54, 1.807) is 12.1 Å². The summed E-state index contributed by atoms with van der Waals surface area (Å²) in [4.78, 5) is 11.4. The third kappa shape index (κ3) is 4.43. The van der Waals surface area contributed by atoms with E-state index in [1.807, 2.05) is 30.3 Å². The molecule has 0 heterocycles. The lowest BCUT2D eigenvalue weighted by Crippen LogP contribution is -2.23. The van der Waals surface area contributed by atoms with E-state index in [0.717, 1.165) is 11.1 Å². The van der Waals surface area contributed by atoms with Crippen molar-refractivity contribution in [3.05, 3.63) is 71.5 Å². The predicted octanol–water partition coefficient (Wildman–Crippen LogP) is 3.25. The molecule has 2 rings (SSSR count). The van der Waals surface area contributed by atoms with Gasteiger partial charge in [0.2, 0.25) is 0 Å². The van der Waals surface area contributed by atoms with Gasteiger partial charge < -0.3 is 10.1 Å². The highest BCUT2D eigenvalue weighted by atomic mass is 19.1. The number of carbonyl (C=O) groups excluding carboxylic acids is 1. The molecule has 19 heavy (non-hydrogen) atoms. The van der Waals surface area contributed by atoms with Crippen LogP contribution in [-0.4, -0.2) is 6.09 Å². The van der Waals surface area contributed by atoms with E-state index < -0.39 is 6.09 Å². The van der Waals surface area contributed by atoms with Crippen molar-refractivity contribution < 1.29 is 13.9 Å². The zero-order valence-electron chi connectivity index (χ0n) is 10.3. The van der Waals surface area contributed by atoms with E-state index >= 15 is 0 Å². The van der Waals surface area contributed by atoms with Crippen LogP contribution < -0.4 is 5.32 Å². The van der Waals surface area contributed by atoms with E-state index in [0.29, 0.717) is 6.54 Å². The Kier molecular flexibility index (Phi) is 4.50. The normalized spacial score (nSPS) is 9.95. The molecule has 0 aliphatic heterocycles. The molecule has 3 nitrogen and oxygen atoms in total. The average Bonchev–Trinajstić information content (AvgIpc) is 2.45. The van der Waals surface area contributed by atoms with Gasteiger partial charge in [0.15, 0.2) is 0 Å². The molecule has 4 heteroatoms. The van der Waals surface area contributed by atoms with Crippen molar-refractivity contribution in [2.24, 2.45) is 0 Å². The Morgan fingerprint density at radius 1 is 1.00 bits per heavy atom. The van der Waals surface area contributed by atoms with Crippen LogP contribution in [0.15, 0.2) is 54.6 Å². The number of carbonyl (C=O) groups is 1. The molecule has 0 aromatic heterocycles. The van der Waals surface area contributed by atoms with Crippen molar-refractivity contribution in [1.29, 1.82) is 0 Å². The van der Waals surface area contributed by atoms with Crippen LogP contribution >= 0.6 is 0 Å². The van der Waals surface area contributed by atoms with Crippen LogP contribution in [0.5, 0.6) is 0 Å². The molecule has 1 N–H and O–H groups in total. The van der Waals surface area contributed by atoms with Gasteiger partial charge in [0.1, 0.15) is 12.4 Å². The zero-order valence-corrected chi connectivity index (χ0v) is 10.3. The Bertz CT molecular complexity index is 526. The van der Waals surface area contributed by atoms with Gasteiger partial charge in [-0.25, -0.2) is 9.18 Å². The summed E-state index contributed by atoms with van der Waals surface area (Å²) in [7, 11) is 0. The van der Waals surface area contributed by atoms with Gasteiger partial charge in [0.05, 0.1) is 0 Å². The molecule has 1 amide bonds. The van der Waals surface area contributed by atoms with E-state index in [9.17, 15) is 9.18 Å². The van der Waals surface area contributed by atoms with Crippen LogP contribution in [0.4, 0.5) is 9.18 Å². The van der Waals surface area contributed by atoms with Crippen molar-refractivity contribution in [3.63, 3.8) is 0 Å². The molecular formula is C15H14FNO2. The lowest BCUT2D eigenvalue weighted by atomic mass is 10.2. The second-order valence-electron chi connectivity index (χ2n) is 4.04. The lowest BCUT2D eigenvalue weighted by Gasteiger charge is -2.07. The van der Waals surface area contributed by atoms with Gasteiger partial charge >= 0.3 is 6.09 Å². The van der Waals surface area contributed by atoms with Gasteiger partial charge in [-0.05, 0) is 23.3 Å². The molecule has 0 radical (unpaired) electrons. The zero-order chi connectivity index (χ0) is 13.5. The first-order valence-corrected chi connectivity index (χ1v) is 5.93. The molecule has 0 saturated carbocycles. The first-order chi connectivity index (χ1) is 9.24. The predicted molar refractivity (Wildman–Crippen MR) is 69.9 cm³/mol. The van der Waals surface area contributed by atoms with Crippen LogP contribution in [0.2, 0.25) is 0 Å². The summed E-state index contributed by atoms with van der Waals surface area (Å²) >= 11 is 0. The third-order valence-electron chi connectivity index (χ3n) is 2.56. The van der Waals surface area contributed by atoms with Gasteiger partial charge in [0, 0.05) is 6.54 Å². The summed E-state index contributed by atoms with van der Waals surface area (Å²) in [6.07, 6.45) is -0.492. The molecule has 0 saturated heterocycles. The van der Waals surface area contributed by atoms with Gasteiger partial charge in [-0.3, -0.25) is 0 Å². The molecule has 0 aliphatic rings. The van der Waals surface area contributed by atoms with Crippen molar-refractivity contribution in [3.8, 4) is 0 Å². The molecule has 0 spiro atoms. The molecule has 0 unspecified atom stereocenters. The maximum absolute atomic E-state index is 12.7. The van der Waals surface area contributed by atoms with Gasteiger partial charge in [0.25, 0.3) is 0 Å². The number of benzene rings is 2. The van der Waals surface area contributed by atoms with Crippen LogP contribution in [0.1, 0.15) is 11.1 Å². The SMILES string of the molecule is O=C(NCc1ccc(F)cc1)OCc1ccccc1. The molecule has 0 bridgehead atoms. The number of nitrogens with one attached hydrogen (secondary N) is 1. The Balaban J connectivity index is 1.74. The van der Waals surface area contributed by atoms with Crippen LogP contribution in [0.3, 0.4) is 0 Å². The molecule has 0 atom stereocenters. The minimum atomic E-state index is -0.492. The fourth-order valence-corrected chi connectivity index (χ4v) is 1.55. The number of halogens is 1. The molecule has 2 aromatic rings. The minimum Gasteiger partial charge on any atom is -0.445 e. The van der Waals surface area contributed by atoms with Gasteiger partial charge in [-0.2, -0.15) is 0 Å². The van der Waals surface area contributed by atoms with Crippen molar-refractivity contribution in [2.75, 3.05) is 0 Å². The maximum Gasteiger partial charge on any atom is 0.407 e. The van der Waals surface area contributed by atoms with E-state index in [-0.39, 0.29) is 12.4 Å². The Morgan fingerprint density at radius 3 is 2.37 bits per heavy atom. The summed E-state index contributed by atoms with van der Waals surface area (Å²) in [5, 5.41) is 2.61. The fraction of sp³-hybridized carbons (Fsp3) is 0.133. The van der Waals surface area contributed by atoms with Crippen molar-refractivity contribution in [2.45, 2.75) is 13.2 Å². The Hall–Kier alpha value is -2.36. The summed E-state index contributed by atoms with van der Waals surface area (Å²) in [5.74, 6) is -0.296. The summed E-state index contributed by atoms with van der Waals surface area (Å²) in [6, 6.07) is 15.4. The van der Waals surface area contributed by atoms with Crippen LogP contribution in [-0.2, 0) is 17.9 Å². The molecule has 0 aliphatic carbocycles. The second-order valence-corrected chi connectivity index (χ2v) is 4.04. The highest BCUT2D eigenvalue weighted by Gasteiger charge is 2.02. The Morgan fingerprint density at radius 2 is 1.68 bits per heavy atom. The van der Waals surface area contributed by atoms with Gasteiger partial charge in [-0.1, -0.05) is 42.5 Å². The minimum absolute atomic E-state index is 0.232. The number of alkyl carbamates (subject to hydrolysis) is 1. The molecular weight excluding hydrogens is 245 g/mol. The van der Waals surface area contributed by atoms with Crippen molar-refractivity contribution >= 4 is 6.09 Å². The summed E-state index contributed by atoms with van der Waals surface area (Å²) < 4.78 is 17.7. The monoisotopic (exact) mass is 259 g/mol. The summed E-state index contributed by atoms with van der Waals surface area (Å²) in [6.45, 7) is 0.546. The van der Waals surface area contributed by atoms with E-state index in [4.69, 9.17) is 4.74 Å². The van der Waals surface area contributed by atoms with E-state index in [2.05, 4.69) is 5.32 Å². The Labute approximate surface area is 111 Å².